The Balaban J connectivity index is 4.27. The van der Waals surface area contributed by atoms with Crippen molar-refractivity contribution >= 4 is 28.8 Å². The molecule has 80 valence electrons. The monoisotopic (exact) mass is 222 g/mol. The van der Waals surface area contributed by atoms with E-state index in [0.29, 0.717) is 11.8 Å². The van der Waals surface area contributed by atoms with E-state index >= 15 is 0 Å². The predicted molar refractivity (Wildman–Crippen MR) is 52.9 cm³/mol. The van der Waals surface area contributed by atoms with Crippen molar-refractivity contribution < 1.29 is 23.6 Å². The van der Waals surface area contributed by atoms with Gasteiger partial charge in [0, 0.05) is 23.3 Å². The van der Waals surface area contributed by atoms with Crippen LogP contribution in [0, 0.1) is 5.92 Å². The molecule has 5 nitrogen and oxygen atoms in total. The van der Waals surface area contributed by atoms with Gasteiger partial charge < -0.3 is 10.4 Å². The van der Waals surface area contributed by atoms with E-state index < -0.39 is 23.9 Å². The molecule has 0 aromatic carbocycles. The van der Waals surface area contributed by atoms with Gasteiger partial charge in [-0.05, 0) is 6.85 Å². The lowest BCUT2D eigenvalue weighted by Crippen LogP contribution is -2.24. The Morgan fingerprint density at radius 3 is 2.64 bits per heavy atom. The summed E-state index contributed by atoms with van der Waals surface area (Å²) in [5.41, 5.74) is 0. The van der Waals surface area contributed by atoms with Crippen LogP contribution < -0.4 is 5.32 Å². The van der Waals surface area contributed by atoms with Crippen molar-refractivity contribution in [3.8, 4) is 0 Å². The maximum atomic E-state index is 11.4. The van der Waals surface area contributed by atoms with Crippen molar-refractivity contribution in [3.63, 3.8) is 0 Å². The first kappa shape index (κ1) is 8.28. The highest BCUT2D eigenvalue weighted by molar-refractivity contribution is 8.13. The molecule has 0 fully saturated rings. The average Bonchev–Trinajstić information content (AvgIpc) is 2.08. The minimum Gasteiger partial charge on any atom is -0.481 e. The average molecular weight is 222 g/mol. The first-order valence-corrected chi connectivity index (χ1v) is 4.78. The first-order valence-electron chi connectivity index (χ1n) is 5.30. The second-order valence-corrected chi connectivity index (χ2v) is 3.52. The molecule has 2 N–H and O–H groups in total. The molecule has 1 unspecified atom stereocenters. The van der Waals surface area contributed by atoms with Crippen LogP contribution >= 0.6 is 11.8 Å². The molecule has 0 aromatic rings. The Labute approximate surface area is 90.5 Å². The van der Waals surface area contributed by atoms with Crippen molar-refractivity contribution in [1.82, 2.24) is 5.32 Å². The van der Waals surface area contributed by atoms with Crippen molar-refractivity contribution in [1.29, 1.82) is 0 Å². The van der Waals surface area contributed by atoms with Gasteiger partial charge in [-0.1, -0.05) is 11.8 Å². The Hall–Kier alpha value is -1.04. The third kappa shape index (κ3) is 5.58. The van der Waals surface area contributed by atoms with E-state index in [4.69, 9.17) is 9.22 Å². The van der Waals surface area contributed by atoms with Gasteiger partial charge in [-0.2, -0.15) is 0 Å². The number of carboxylic acids is 1. The molecule has 0 saturated heterocycles. The summed E-state index contributed by atoms with van der Waals surface area (Å²) < 4.78 is 20.8. The first-order chi connectivity index (χ1) is 7.66. The Morgan fingerprint density at radius 2 is 2.21 bits per heavy atom. The van der Waals surface area contributed by atoms with Gasteiger partial charge in [0.05, 0.1) is 0 Å². The van der Waals surface area contributed by atoms with Crippen molar-refractivity contribution in [3.05, 3.63) is 0 Å². The molecule has 0 bridgehead atoms. The molecule has 0 rings (SSSR count). The zero-order valence-corrected chi connectivity index (χ0v) is 8.39. The number of carbonyl (C=O) groups excluding carboxylic acids is 2. The van der Waals surface area contributed by atoms with Crippen LogP contribution in [0.2, 0.25) is 0 Å². The Morgan fingerprint density at radius 1 is 1.57 bits per heavy atom. The summed E-state index contributed by atoms with van der Waals surface area (Å²) in [4.78, 5) is 32.6. The summed E-state index contributed by atoms with van der Waals surface area (Å²) in [6, 6.07) is 0. The van der Waals surface area contributed by atoms with Gasteiger partial charge in [0.2, 0.25) is 11.0 Å². The summed E-state index contributed by atoms with van der Waals surface area (Å²) in [5, 5.41) is 10.1. The second-order valence-electron chi connectivity index (χ2n) is 2.42. The quantitative estimate of drug-likeness (QED) is 0.509. The zero-order chi connectivity index (χ0) is 13.6. The van der Waals surface area contributed by atoms with Crippen LogP contribution in [0.1, 0.15) is 17.9 Å². The highest BCUT2D eigenvalue weighted by Crippen LogP contribution is 2.10. The predicted octanol–water partition coefficient (Wildman–Crippen LogP) is 0.103. The molecular weight excluding hydrogens is 206 g/mol. The van der Waals surface area contributed by atoms with E-state index in [-0.39, 0.29) is 18.2 Å². The van der Waals surface area contributed by atoms with E-state index in [1.807, 2.05) is 0 Å². The maximum absolute atomic E-state index is 11.4. The maximum Gasteiger partial charge on any atom is 0.314 e. The standard InChI is InChI=1S/C8H13NO4S/c1-5(7(11)12)8(13)14-4-3-9-6(2)10/h5H,3-4H2,1-2H3,(H,9,10)(H,11,12)/i1D3. The van der Waals surface area contributed by atoms with Crippen LogP contribution in [0.15, 0.2) is 0 Å². The lowest BCUT2D eigenvalue weighted by atomic mass is 10.2. The van der Waals surface area contributed by atoms with Crippen molar-refractivity contribution in [2.45, 2.75) is 13.8 Å². The van der Waals surface area contributed by atoms with Crippen LogP contribution in [0.4, 0.5) is 0 Å². The summed E-state index contributed by atoms with van der Waals surface area (Å²) in [7, 11) is 0. The molecule has 1 amide bonds. The largest absolute Gasteiger partial charge is 0.481 e. The van der Waals surface area contributed by atoms with Crippen LogP contribution in [0.25, 0.3) is 0 Å². The highest BCUT2D eigenvalue weighted by atomic mass is 32.2. The van der Waals surface area contributed by atoms with E-state index in [9.17, 15) is 14.4 Å². The number of hydrogen-bond acceptors (Lipinski definition) is 4. The van der Waals surface area contributed by atoms with Crippen LogP contribution in [-0.4, -0.2) is 34.4 Å². The second kappa shape index (κ2) is 6.42. The number of carbonyl (C=O) groups is 3. The van der Waals surface area contributed by atoms with E-state index in [2.05, 4.69) is 5.32 Å². The van der Waals surface area contributed by atoms with Gasteiger partial charge in [-0.25, -0.2) is 0 Å². The zero-order valence-electron chi connectivity index (χ0n) is 10.6. The fourth-order valence-corrected chi connectivity index (χ4v) is 1.24. The van der Waals surface area contributed by atoms with Gasteiger partial charge in [0.1, 0.15) is 5.92 Å². The Bertz CT molecular complexity index is 318. The molecule has 0 heterocycles. The molecule has 0 radical (unpaired) electrons. The highest BCUT2D eigenvalue weighted by Gasteiger charge is 2.20. The number of rotatable bonds is 5. The van der Waals surface area contributed by atoms with E-state index in [1.165, 1.54) is 6.92 Å². The third-order valence-corrected chi connectivity index (χ3v) is 2.13. The van der Waals surface area contributed by atoms with Gasteiger partial charge in [0.25, 0.3) is 0 Å². The number of aliphatic carboxylic acids is 1. The Kier molecular flexibility index (Phi) is 3.80. The number of carboxylic acid groups (broad SMARTS) is 1. The lowest BCUT2D eigenvalue weighted by molar-refractivity contribution is -0.143. The van der Waals surface area contributed by atoms with Crippen molar-refractivity contribution in [2.75, 3.05) is 12.3 Å². The fraction of sp³-hybridized carbons (Fsp3) is 0.625. The number of amides is 1. The smallest absolute Gasteiger partial charge is 0.314 e. The number of hydrogen-bond donors (Lipinski definition) is 2. The number of nitrogens with one attached hydrogen (secondary N) is 1. The van der Waals surface area contributed by atoms with Crippen LogP contribution in [0.3, 0.4) is 0 Å². The number of thioether (sulfide) groups is 1. The normalized spacial score (nSPS) is 15.9. The molecule has 0 aliphatic heterocycles. The lowest BCUT2D eigenvalue weighted by Gasteiger charge is -2.04. The third-order valence-electron chi connectivity index (χ3n) is 1.20. The van der Waals surface area contributed by atoms with Crippen LogP contribution in [0.5, 0.6) is 0 Å². The van der Waals surface area contributed by atoms with E-state index in [1.54, 1.807) is 0 Å². The molecule has 0 aromatic heterocycles. The summed E-state index contributed by atoms with van der Waals surface area (Å²) >= 11 is 0.587. The van der Waals surface area contributed by atoms with Crippen molar-refractivity contribution in [2.24, 2.45) is 5.92 Å². The topological polar surface area (TPSA) is 83.5 Å². The molecule has 0 spiro atoms. The molecular formula is C8H13NO4S. The molecule has 6 heteroatoms. The summed E-state index contributed by atoms with van der Waals surface area (Å²) in [5.74, 6) is -3.83. The molecule has 1 atom stereocenters. The van der Waals surface area contributed by atoms with Gasteiger partial charge in [-0.15, -0.1) is 0 Å². The fourth-order valence-electron chi connectivity index (χ4n) is 0.563. The molecule has 0 aliphatic rings. The van der Waals surface area contributed by atoms with Gasteiger partial charge in [0.15, 0.2) is 0 Å². The minimum atomic E-state index is -2.86. The molecule has 14 heavy (non-hydrogen) atoms. The summed E-state index contributed by atoms with van der Waals surface area (Å²) in [6.07, 6.45) is 0. The van der Waals surface area contributed by atoms with Gasteiger partial charge >= 0.3 is 5.97 Å². The SMILES string of the molecule is [2H]C([2H])([2H])C(C(=O)O)C(=O)SCCNC(C)=O. The van der Waals surface area contributed by atoms with Crippen LogP contribution in [-0.2, 0) is 14.4 Å². The minimum absolute atomic E-state index is 0.137. The van der Waals surface area contributed by atoms with Gasteiger partial charge in [-0.3, -0.25) is 14.4 Å². The van der Waals surface area contributed by atoms with E-state index in [0.717, 1.165) is 0 Å². The molecule has 0 aliphatic carbocycles. The molecule has 0 saturated carbocycles. The summed E-state index contributed by atoms with van der Waals surface area (Å²) in [6.45, 7) is -1.38.